The molecule has 0 aromatic heterocycles. The van der Waals surface area contributed by atoms with Gasteiger partial charge in [-0.25, -0.2) is 4.79 Å². The minimum Gasteiger partial charge on any atom is -0.496 e. The van der Waals surface area contributed by atoms with E-state index in [1.54, 1.807) is 6.08 Å². The highest BCUT2D eigenvalue weighted by atomic mass is 16.6. The van der Waals surface area contributed by atoms with E-state index in [9.17, 15) is 19.7 Å². The molecule has 2 aromatic carbocycles. The zero-order chi connectivity index (χ0) is 21.4. The molecule has 1 N–H and O–H groups in total. The second kappa shape index (κ2) is 10.0. The number of hydrogen-bond donors (Lipinski definition) is 1. The van der Waals surface area contributed by atoms with E-state index in [0.717, 1.165) is 5.56 Å². The summed E-state index contributed by atoms with van der Waals surface area (Å²) in [6.45, 7) is 3.61. The van der Waals surface area contributed by atoms with Crippen LogP contribution >= 0.6 is 0 Å². The molecule has 0 heterocycles. The van der Waals surface area contributed by atoms with Crippen LogP contribution in [0.3, 0.4) is 0 Å². The van der Waals surface area contributed by atoms with Gasteiger partial charge in [-0.05, 0) is 35.3 Å². The molecule has 0 saturated heterocycles. The first kappa shape index (κ1) is 21.6. The van der Waals surface area contributed by atoms with Gasteiger partial charge < -0.3 is 14.8 Å². The SMILES string of the molecule is COc1ccc(NC(=O)COC(=O)/C=C/c2ccc(C(C)C)cc2)c([N+](=O)[O-])c1. The normalized spacial score (nSPS) is 10.8. The zero-order valence-corrected chi connectivity index (χ0v) is 16.4. The first-order chi connectivity index (χ1) is 13.8. The van der Waals surface area contributed by atoms with Crippen LogP contribution in [0.15, 0.2) is 48.5 Å². The van der Waals surface area contributed by atoms with Gasteiger partial charge in [0.1, 0.15) is 11.4 Å². The van der Waals surface area contributed by atoms with Gasteiger partial charge in [-0.15, -0.1) is 0 Å². The van der Waals surface area contributed by atoms with Gasteiger partial charge >= 0.3 is 5.97 Å². The summed E-state index contributed by atoms with van der Waals surface area (Å²) >= 11 is 0. The molecule has 0 fully saturated rings. The summed E-state index contributed by atoms with van der Waals surface area (Å²) in [5.74, 6) is -0.690. The Hall–Kier alpha value is -3.68. The number of nitrogens with one attached hydrogen (secondary N) is 1. The van der Waals surface area contributed by atoms with E-state index >= 15 is 0 Å². The van der Waals surface area contributed by atoms with Crippen LogP contribution in [0.4, 0.5) is 11.4 Å². The largest absolute Gasteiger partial charge is 0.496 e. The Labute approximate surface area is 168 Å². The fourth-order valence-electron chi connectivity index (χ4n) is 2.42. The molecule has 0 saturated carbocycles. The van der Waals surface area contributed by atoms with E-state index in [0.29, 0.717) is 5.92 Å². The molecule has 0 aliphatic rings. The molecule has 29 heavy (non-hydrogen) atoms. The van der Waals surface area contributed by atoms with Crippen molar-refractivity contribution in [3.05, 3.63) is 69.8 Å². The third-order valence-corrected chi connectivity index (χ3v) is 4.04. The van der Waals surface area contributed by atoms with E-state index in [-0.39, 0.29) is 17.1 Å². The summed E-state index contributed by atoms with van der Waals surface area (Å²) in [7, 11) is 1.38. The Kier molecular flexibility index (Phi) is 7.47. The molecule has 0 aliphatic heterocycles. The molecule has 0 bridgehead atoms. The second-order valence-corrected chi connectivity index (χ2v) is 6.45. The van der Waals surface area contributed by atoms with Crippen LogP contribution in [-0.2, 0) is 14.3 Å². The highest BCUT2D eigenvalue weighted by molar-refractivity contribution is 5.96. The van der Waals surface area contributed by atoms with Crippen molar-refractivity contribution < 1.29 is 24.0 Å². The number of carbonyl (C=O) groups is 2. The Morgan fingerprint density at radius 1 is 1.17 bits per heavy atom. The van der Waals surface area contributed by atoms with Gasteiger partial charge in [-0.1, -0.05) is 38.1 Å². The van der Waals surface area contributed by atoms with Crippen molar-refractivity contribution in [1.29, 1.82) is 0 Å². The van der Waals surface area contributed by atoms with Crippen LogP contribution in [0.25, 0.3) is 6.08 Å². The molecule has 0 aliphatic carbocycles. The fraction of sp³-hybridized carbons (Fsp3) is 0.238. The number of nitrogens with zero attached hydrogens (tertiary/aromatic N) is 1. The van der Waals surface area contributed by atoms with E-state index < -0.39 is 23.4 Å². The Balaban J connectivity index is 1.90. The van der Waals surface area contributed by atoms with Crippen molar-refractivity contribution in [3.63, 3.8) is 0 Å². The van der Waals surface area contributed by atoms with Crippen molar-refractivity contribution in [2.45, 2.75) is 19.8 Å². The van der Waals surface area contributed by atoms with Crippen molar-refractivity contribution in [1.82, 2.24) is 0 Å². The van der Waals surface area contributed by atoms with Crippen molar-refractivity contribution >= 4 is 29.3 Å². The maximum Gasteiger partial charge on any atom is 0.331 e. The van der Waals surface area contributed by atoms with Crippen LogP contribution in [0.1, 0.15) is 30.9 Å². The number of hydrogen-bond acceptors (Lipinski definition) is 6. The van der Waals surface area contributed by atoms with Crippen LogP contribution in [0.2, 0.25) is 0 Å². The molecule has 8 heteroatoms. The van der Waals surface area contributed by atoms with E-state index in [2.05, 4.69) is 19.2 Å². The second-order valence-electron chi connectivity index (χ2n) is 6.45. The van der Waals surface area contributed by atoms with Crippen LogP contribution in [0.5, 0.6) is 5.75 Å². The van der Waals surface area contributed by atoms with Gasteiger partial charge in [0.25, 0.3) is 11.6 Å². The molecule has 0 radical (unpaired) electrons. The number of nitro benzene ring substituents is 1. The van der Waals surface area contributed by atoms with Crippen LogP contribution in [-0.4, -0.2) is 30.5 Å². The lowest BCUT2D eigenvalue weighted by Gasteiger charge is -2.07. The lowest BCUT2D eigenvalue weighted by molar-refractivity contribution is -0.384. The van der Waals surface area contributed by atoms with Crippen molar-refractivity contribution in [2.24, 2.45) is 0 Å². The molecular weight excluding hydrogens is 376 g/mol. The number of esters is 1. The molecule has 0 unspecified atom stereocenters. The summed E-state index contributed by atoms with van der Waals surface area (Å²) in [4.78, 5) is 34.2. The summed E-state index contributed by atoms with van der Waals surface area (Å²) in [6.07, 6.45) is 2.80. The van der Waals surface area contributed by atoms with Crippen LogP contribution in [0, 0.1) is 10.1 Å². The first-order valence-corrected chi connectivity index (χ1v) is 8.87. The van der Waals surface area contributed by atoms with Crippen molar-refractivity contribution in [2.75, 3.05) is 19.0 Å². The minimum absolute atomic E-state index is 0.0161. The smallest absolute Gasteiger partial charge is 0.331 e. The number of anilines is 1. The quantitative estimate of drug-likeness (QED) is 0.312. The maximum atomic E-state index is 12.0. The molecule has 1 amide bonds. The standard InChI is InChI=1S/C21H22N2O6/c1-14(2)16-7-4-15(5-8-16)6-11-21(25)29-13-20(24)22-18-10-9-17(28-3)12-19(18)23(26)27/h4-12,14H,13H2,1-3H3,(H,22,24)/b11-6+. The third kappa shape index (κ3) is 6.46. The number of ether oxygens (including phenoxy) is 2. The summed E-state index contributed by atoms with van der Waals surface area (Å²) in [5.41, 5.74) is 1.67. The zero-order valence-electron chi connectivity index (χ0n) is 16.4. The van der Waals surface area contributed by atoms with Gasteiger partial charge in [0.2, 0.25) is 0 Å². The Morgan fingerprint density at radius 3 is 2.45 bits per heavy atom. The molecule has 0 spiro atoms. The molecule has 2 aromatic rings. The summed E-state index contributed by atoms with van der Waals surface area (Å²) in [5, 5.41) is 13.5. The lowest BCUT2D eigenvalue weighted by atomic mass is 10.0. The van der Waals surface area contributed by atoms with Gasteiger partial charge in [0.15, 0.2) is 6.61 Å². The monoisotopic (exact) mass is 398 g/mol. The predicted molar refractivity (Wildman–Crippen MR) is 109 cm³/mol. The molecule has 152 valence electrons. The van der Waals surface area contributed by atoms with E-state index in [1.165, 1.54) is 36.9 Å². The maximum absolute atomic E-state index is 12.0. The summed E-state index contributed by atoms with van der Waals surface area (Å²) < 4.78 is 9.80. The predicted octanol–water partition coefficient (Wildman–Crippen LogP) is 3.92. The molecular formula is C21H22N2O6. The number of benzene rings is 2. The average molecular weight is 398 g/mol. The Morgan fingerprint density at radius 2 is 1.86 bits per heavy atom. The van der Waals surface area contributed by atoms with Crippen LogP contribution < -0.4 is 10.1 Å². The van der Waals surface area contributed by atoms with Gasteiger partial charge in [-0.2, -0.15) is 0 Å². The topological polar surface area (TPSA) is 108 Å². The molecule has 2 rings (SSSR count). The minimum atomic E-state index is -0.697. The molecule has 0 atom stereocenters. The molecule has 8 nitrogen and oxygen atoms in total. The number of rotatable bonds is 8. The Bertz CT molecular complexity index is 919. The lowest BCUT2D eigenvalue weighted by Crippen LogP contribution is -2.20. The highest BCUT2D eigenvalue weighted by Gasteiger charge is 2.17. The van der Waals surface area contributed by atoms with E-state index in [1.807, 2.05) is 24.3 Å². The summed E-state index contributed by atoms with van der Waals surface area (Å²) in [6, 6.07) is 11.7. The number of methoxy groups -OCH3 is 1. The average Bonchev–Trinajstić information content (AvgIpc) is 2.71. The highest BCUT2D eigenvalue weighted by Crippen LogP contribution is 2.28. The number of amides is 1. The van der Waals surface area contributed by atoms with Gasteiger partial charge in [0, 0.05) is 6.08 Å². The fourth-order valence-corrected chi connectivity index (χ4v) is 2.42. The first-order valence-electron chi connectivity index (χ1n) is 8.87. The third-order valence-electron chi connectivity index (χ3n) is 4.04. The van der Waals surface area contributed by atoms with Gasteiger partial charge in [-0.3, -0.25) is 14.9 Å². The van der Waals surface area contributed by atoms with E-state index in [4.69, 9.17) is 9.47 Å². The van der Waals surface area contributed by atoms with Gasteiger partial charge in [0.05, 0.1) is 18.1 Å². The van der Waals surface area contributed by atoms with Crippen molar-refractivity contribution in [3.8, 4) is 5.75 Å². The number of nitro groups is 1. The number of carbonyl (C=O) groups excluding carboxylic acids is 2.